The Kier molecular flexibility index (Phi) is 8.72. The van der Waals surface area contributed by atoms with Crippen molar-refractivity contribution in [3.8, 4) is 0 Å². The zero-order valence-corrected chi connectivity index (χ0v) is 19.7. The second-order valence-electron chi connectivity index (χ2n) is 8.78. The largest absolute Gasteiger partial charge is 0.340 e. The molecule has 0 unspecified atom stereocenters. The standard InChI is InChI=1S/C23H30N4O2.2ClH/c1-25(2)14-18-8-9-21-19-10-17(13-27(21)22(18)28)12-26(15-19)23(29)20(24)11-16-6-4-3-5-7-16;;/h3-9,17,19-20H,10-15,24H2,1-2H3;2*1H/t17-,19+,20-;;/m0../s1. The fourth-order valence-corrected chi connectivity index (χ4v) is 4.82. The maximum absolute atomic E-state index is 13.0. The van der Waals surface area contributed by atoms with Crippen LogP contribution in [0.3, 0.4) is 0 Å². The summed E-state index contributed by atoms with van der Waals surface area (Å²) in [7, 11) is 3.95. The van der Waals surface area contributed by atoms with Crippen LogP contribution in [0.1, 0.15) is 29.2 Å². The van der Waals surface area contributed by atoms with Gasteiger partial charge in [0.05, 0.1) is 6.04 Å². The van der Waals surface area contributed by atoms with Gasteiger partial charge in [-0.3, -0.25) is 9.59 Å². The fourth-order valence-electron chi connectivity index (χ4n) is 4.82. The Bertz CT molecular complexity index is 948. The van der Waals surface area contributed by atoms with Crippen LogP contribution in [0.15, 0.2) is 47.3 Å². The van der Waals surface area contributed by atoms with E-state index in [-0.39, 0.29) is 42.2 Å². The first-order chi connectivity index (χ1) is 13.9. The van der Waals surface area contributed by atoms with Crippen molar-refractivity contribution >= 4 is 30.7 Å². The molecule has 2 aliphatic rings. The number of halogens is 2. The number of aromatic nitrogens is 1. The predicted molar refractivity (Wildman–Crippen MR) is 128 cm³/mol. The molecule has 1 aromatic heterocycles. The van der Waals surface area contributed by atoms with E-state index in [1.54, 1.807) is 0 Å². The molecule has 2 N–H and O–H groups in total. The van der Waals surface area contributed by atoms with Crippen molar-refractivity contribution in [1.29, 1.82) is 0 Å². The minimum absolute atomic E-state index is 0. The first-order valence-electron chi connectivity index (χ1n) is 10.4. The molecule has 2 aliphatic heterocycles. The number of hydrogen-bond acceptors (Lipinski definition) is 4. The number of piperidine rings is 1. The molecular weight excluding hydrogens is 435 g/mol. The summed E-state index contributed by atoms with van der Waals surface area (Å²) in [5, 5.41) is 0. The zero-order chi connectivity index (χ0) is 20.5. The van der Waals surface area contributed by atoms with E-state index < -0.39 is 6.04 Å². The third-order valence-corrected chi connectivity index (χ3v) is 6.10. The van der Waals surface area contributed by atoms with Crippen molar-refractivity contribution in [1.82, 2.24) is 14.4 Å². The van der Waals surface area contributed by atoms with Gasteiger partial charge in [-0.2, -0.15) is 0 Å². The Morgan fingerprint density at radius 2 is 1.81 bits per heavy atom. The van der Waals surface area contributed by atoms with Crippen LogP contribution in [0.2, 0.25) is 0 Å². The quantitative estimate of drug-likeness (QED) is 0.733. The van der Waals surface area contributed by atoms with Crippen molar-refractivity contribution in [2.24, 2.45) is 11.7 Å². The van der Waals surface area contributed by atoms with Crippen molar-refractivity contribution in [3.05, 3.63) is 69.6 Å². The lowest BCUT2D eigenvalue weighted by molar-refractivity contribution is -0.135. The van der Waals surface area contributed by atoms with E-state index in [1.165, 1.54) is 0 Å². The molecular formula is C23H32Cl2N4O2. The SMILES string of the molecule is CN(C)Cc1ccc2n(c1=O)C[C@H]1C[C@@H]2CN(C(=O)[C@@H](N)Cc2ccccc2)C1.Cl.Cl. The van der Waals surface area contributed by atoms with Crippen LogP contribution in [0.25, 0.3) is 0 Å². The maximum atomic E-state index is 13.0. The average molecular weight is 467 g/mol. The highest BCUT2D eigenvalue weighted by Crippen LogP contribution is 2.35. The first-order valence-corrected chi connectivity index (χ1v) is 10.4. The van der Waals surface area contributed by atoms with E-state index in [2.05, 4.69) is 6.07 Å². The van der Waals surface area contributed by atoms with Crippen LogP contribution >= 0.6 is 24.8 Å². The zero-order valence-electron chi connectivity index (χ0n) is 18.1. The van der Waals surface area contributed by atoms with Crippen molar-refractivity contribution < 1.29 is 4.79 Å². The predicted octanol–water partition coefficient (Wildman–Crippen LogP) is 2.27. The Balaban J connectivity index is 0.00000171. The van der Waals surface area contributed by atoms with Crippen molar-refractivity contribution in [2.45, 2.75) is 37.9 Å². The number of nitrogens with two attached hydrogens (primary N) is 1. The number of carbonyl (C=O) groups excluding carboxylic acids is 1. The molecule has 3 heterocycles. The van der Waals surface area contributed by atoms with Gasteiger partial charge >= 0.3 is 0 Å². The van der Waals surface area contributed by atoms with Gasteiger partial charge in [-0.1, -0.05) is 36.4 Å². The number of benzene rings is 1. The van der Waals surface area contributed by atoms with Gasteiger partial charge in [0, 0.05) is 43.4 Å². The van der Waals surface area contributed by atoms with Crippen molar-refractivity contribution in [3.63, 3.8) is 0 Å². The van der Waals surface area contributed by atoms with Gasteiger partial charge in [-0.25, -0.2) is 0 Å². The topological polar surface area (TPSA) is 71.6 Å². The minimum Gasteiger partial charge on any atom is -0.340 e. The Morgan fingerprint density at radius 1 is 1.10 bits per heavy atom. The van der Waals surface area contributed by atoms with E-state index in [0.717, 1.165) is 23.2 Å². The first kappa shape index (κ1) is 25.4. The number of likely N-dealkylation sites (tertiary alicyclic amines) is 1. The summed E-state index contributed by atoms with van der Waals surface area (Å²) >= 11 is 0. The third-order valence-electron chi connectivity index (χ3n) is 6.10. The maximum Gasteiger partial charge on any atom is 0.255 e. The molecule has 0 saturated carbocycles. The van der Waals surface area contributed by atoms with Gasteiger partial charge in [0.15, 0.2) is 0 Å². The summed E-state index contributed by atoms with van der Waals surface area (Å²) < 4.78 is 1.95. The van der Waals surface area contributed by atoms with E-state index in [0.29, 0.717) is 38.5 Å². The molecule has 1 amide bonds. The molecule has 31 heavy (non-hydrogen) atoms. The second kappa shape index (κ2) is 10.6. The van der Waals surface area contributed by atoms with E-state index in [1.807, 2.05) is 64.9 Å². The minimum atomic E-state index is -0.527. The summed E-state index contributed by atoms with van der Waals surface area (Å²) in [6.07, 6.45) is 1.58. The molecule has 170 valence electrons. The van der Waals surface area contributed by atoms with Gasteiger partial charge in [-0.05, 0) is 44.5 Å². The van der Waals surface area contributed by atoms with Crippen LogP contribution < -0.4 is 11.3 Å². The number of fused-ring (bicyclic) bond motifs is 4. The summed E-state index contributed by atoms with van der Waals surface area (Å²) in [6, 6.07) is 13.4. The van der Waals surface area contributed by atoms with Crippen LogP contribution in [-0.2, 0) is 24.3 Å². The van der Waals surface area contributed by atoms with Crippen LogP contribution in [0.5, 0.6) is 0 Å². The molecule has 2 bridgehead atoms. The van der Waals surface area contributed by atoms with Gasteiger partial charge in [-0.15, -0.1) is 24.8 Å². The monoisotopic (exact) mass is 466 g/mol. The number of rotatable bonds is 5. The van der Waals surface area contributed by atoms with Crippen LogP contribution in [0.4, 0.5) is 0 Å². The molecule has 4 rings (SSSR count). The highest BCUT2D eigenvalue weighted by Gasteiger charge is 2.37. The molecule has 8 heteroatoms. The van der Waals surface area contributed by atoms with Crippen molar-refractivity contribution in [2.75, 3.05) is 27.2 Å². The third kappa shape index (κ3) is 5.50. The van der Waals surface area contributed by atoms with E-state index >= 15 is 0 Å². The lowest BCUT2D eigenvalue weighted by Gasteiger charge is -2.43. The molecule has 2 aromatic rings. The molecule has 0 radical (unpaired) electrons. The Labute approximate surface area is 196 Å². The summed E-state index contributed by atoms with van der Waals surface area (Å²) in [4.78, 5) is 29.9. The Hall–Kier alpha value is -1.86. The van der Waals surface area contributed by atoms with Gasteiger partial charge < -0.3 is 20.1 Å². The molecule has 6 nitrogen and oxygen atoms in total. The lowest BCUT2D eigenvalue weighted by Crippen LogP contribution is -2.53. The summed E-state index contributed by atoms with van der Waals surface area (Å²) in [5.74, 6) is 0.529. The summed E-state index contributed by atoms with van der Waals surface area (Å²) in [5.41, 5.74) is 9.35. The number of hydrogen-bond donors (Lipinski definition) is 1. The lowest BCUT2D eigenvalue weighted by atomic mass is 9.82. The molecule has 3 atom stereocenters. The van der Waals surface area contributed by atoms with Gasteiger partial charge in [0.1, 0.15) is 0 Å². The summed E-state index contributed by atoms with van der Waals surface area (Å²) in [6.45, 7) is 2.66. The van der Waals surface area contributed by atoms with Crippen LogP contribution in [-0.4, -0.2) is 53.5 Å². The van der Waals surface area contributed by atoms with Gasteiger partial charge in [0.25, 0.3) is 5.56 Å². The smallest absolute Gasteiger partial charge is 0.255 e. The number of nitrogens with zero attached hydrogens (tertiary/aromatic N) is 3. The molecule has 0 spiro atoms. The number of amides is 1. The fraction of sp³-hybridized carbons (Fsp3) is 0.478. The van der Waals surface area contributed by atoms with E-state index in [4.69, 9.17) is 5.73 Å². The number of pyridine rings is 1. The Morgan fingerprint density at radius 3 is 2.48 bits per heavy atom. The van der Waals surface area contributed by atoms with E-state index in [9.17, 15) is 9.59 Å². The van der Waals surface area contributed by atoms with Crippen LogP contribution in [0, 0.1) is 5.92 Å². The highest BCUT2D eigenvalue weighted by molar-refractivity contribution is 5.85. The normalized spacial score (nSPS) is 20.3. The highest BCUT2D eigenvalue weighted by atomic mass is 35.5. The average Bonchev–Trinajstić information content (AvgIpc) is 2.70. The molecule has 1 aromatic carbocycles. The molecule has 0 aliphatic carbocycles. The van der Waals surface area contributed by atoms with Gasteiger partial charge in [0.2, 0.25) is 5.91 Å². The molecule has 1 saturated heterocycles. The number of carbonyl (C=O) groups is 1. The second-order valence-corrected chi connectivity index (χ2v) is 8.78. The molecule has 1 fully saturated rings.